The minimum atomic E-state index is -4.66. The van der Waals surface area contributed by atoms with Crippen LogP contribution in [0.4, 0.5) is 24.8 Å². The fourth-order valence-corrected chi connectivity index (χ4v) is 2.33. The normalized spacial score (nSPS) is 11.9. The molecule has 0 fully saturated rings. The first-order chi connectivity index (χ1) is 11.2. The van der Waals surface area contributed by atoms with Crippen molar-refractivity contribution < 1.29 is 18.1 Å². The molecule has 128 valence electrons. The maximum atomic E-state index is 12.7. The lowest BCUT2D eigenvalue weighted by Crippen LogP contribution is -2.07. The summed E-state index contributed by atoms with van der Waals surface area (Å²) in [7, 11) is 3.50. The molecule has 24 heavy (non-hydrogen) atoms. The lowest BCUT2D eigenvalue weighted by atomic mass is 10.2. The van der Waals surface area contributed by atoms with E-state index in [-0.39, 0.29) is 16.0 Å². The lowest BCUT2D eigenvalue weighted by Gasteiger charge is -2.07. The molecule has 1 heterocycles. The van der Waals surface area contributed by atoms with Crippen molar-refractivity contribution in [3.63, 3.8) is 0 Å². The summed E-state index contributed by atoms with van der Waals surface area (Å²) in [5, 5.41) is 17.4. The van der Waals surface area contributed by atoms with Crippen molar-refractivity contribution in [2.75, 3.05) is 14.1 Å². The first kappa shape index (κ1) is 17.7. The molecule has 1 N–H and O–H groups in total. The number of nitro groups is 1. The molecule has 0 aliphatic rings. The van der Waals surface area contributed by atoms with Gasteiger partial charge >= 0.3 is 6.18 Å². The second-order valence-corrected chi connectivity index (χ2v) is 5.70. The number of rotatable bonds is 5. The van der Waals surface area contributed by atoms with Crippen LogP contribution in [0.1, 0.15) is 5.56 Å². The van der Waals surface area contributed by atoms with Crippen molar-refractivity contribution in [1.82, 2.24) is 20.1 Å². The second-order valence-electron chi connectivity index (χ2n) is 4.69. The fourth-order valence-electron chi connectivity index (χ4n) is 1.53. The highest BCUT2D eigenvalue weighted by Gasteiger charge is 2.33. The molecule has 0 radical (unpaired) electrons. The van der Waals surface area contributed by atoms with Gasteiger partial charge in [0, 0.05) is 20.2 Å². The van der Waals surface area contributed by atoms with Crippen LogP contribution in [0, 0.1) is 10.1 Å². The van der Waals surface area contributed by atoms with Gasteiger partial charge in [-0.3, -0.25) is 10.1 Å². The van der Waals surface area contributed by atoms with Crippen molar-refractivity contribution in [3.8, 4) is 0 Å². The highest BCUT2D eigenvalue weighted by Crippen LogP contribution is 2.38. The van der Waals surface area contributed by atoms with Gasteiger partial charge in [0.2, 0.25) is 11.1 Å². The number of hydrogen-bond acceptors (Lipinski definition) is 6. The van der Waals surface area contributed by atoms with E-state index in [9.17, 15) is 23.3 Å². The number of nitro benzene ring substituents is 1. The van der Waals surface area contributed by atoms with Gasteiger partial charge in [0.15, 0.2) is 0 Å². The SMILES string of the molecule is CN(C)/C=N/c1nc(Sc2ccc(C(F)(F)F)cc2[N+](=O)[O-])n[nH]1. The smallest absolute Gasteiger partial charge is 0.369 e. The number of alkyl halides is 3. The van der Waals surface area contributed by atoms with E-state index in [1.54, 1.807) is 19.0 Å². The molecule has 0 aliphatic carbocycles. The third-order valence-corrected chi connectivity index (χ3v) is 3.48. The van der Waals surface area contributed by atoms with E-state index in [0.717, 1.165) is 23.9 Å². The first-order valence-electron chi connectivity index (χ1n) is 6.33. The van der Waals surface area contributed by atoms with Gasteiger partial charge < -0.3 is 4.90 Å². The van der Waals surface area contributed by atoms with Crippen LogP contribution in [0.15, 0.2) is 33.2 Å². The predicted molar refractivity (Wildman–Crippen MR) is 80.4 cm³/mol. The molecule has 2 rings (SSSR count). The lowest BCUT2D eigenvalue weighted by molar-refractivity contribution is -0.388. The number of nitrogens with one attached hydrogen (secondary N) is 1. The van der Waals surface area contributed by atoms with E-state index in [0.29, 0.717) is 6.07 Å². The molecular weight excluding hydrogens is 349 g/mol. The van der Waals surface area contributed by atoms with Crippen LogP contribution in [-0.4, -0.2) is 45.4 Å². The Morgan fingerprint density at radius 3 is 2.71 bits per heavy atom. The highest BCUT2D eigenvalue weighted by molar-refractivity contribution is 7.99. The molecule has 12 heteroatoms. The van der Waals surface area contributed by atoms with E-state index < -0.39 is 22.4 Å². The Bertz CT molecular complexity index is 774. The number of hydrogen-bond donors (Lipinski definition) is 1. The van der Waals surface area contributed by atoms with Gasteiger partial charge in [-0.25, -0.2) is 10.1 Å². The Hall–Kier alpha value is -2.63. The fraction of sp³-hybridized carbons (Fsp3) is 0.250. The molecule has 0 aliphatic heterocycles. The number of aromatic nitrogens is 3. The van der Waals surface area contributed by atoms with Gasteiger partial charge in [0.1, 0.15) is 0 Å². The number of benzene rings is 1. The summed E-state index contributed by atoms with van der Waals surface area (Å²) in [6.45, 7) is 0. The Balaban J connectivity index is 2.28. The summed E-state index contributed by atoms with van der Waals surface area (Å²) in [5.41, 5.74) is -1.76. The van der Waals surface area contributed by atoms with E-state index in [1.807, 2.05) is 0 Å². The highest BCUT2D eigenvalue weighted by atomic mass is 32.2. The van der Waals surface area contributed by atoms with E-state index in [1.165, 1.54) is 6.34 Å². The van der Waals surface area contributed by atoms with Gasteiger partial charge in [0.05, 0.1) is 21.7 Å². The maximum absolute atomic E-state index is 12.7. The summed E-state index contributed by atoms with van der Waals surface area (Å²) in [6, 6.07) is 2.28. The average molecular weight is 360 g/mol. The molecule has 1 aromatic heterocycles. The molecule has 0 atom stereocenters. The van der Waals surface area contributed by atoms with Crippen molar-refractivity contribution in [2.45, 2.75) is 16.2 Å². The standard InChI is InChI=1S/C12H11F3N6O2S/c1-20(2)6-16-10-17-11(19-18-10)24-9-4-3-7(12(13,14)15)5-8(9)21(22)23/h3-6H,1-2H3,(H,17,18,19)/b16-6+. The molecule has 0 unspecified atom stereocenters. The van der Waals surface area contributed by atoms with Crippen LogP contribution < -0.4 is 0 Å². The van der Waals surface area contributed by atoms with Crippen LogP contribution in [-0.2, 0) is 6.18 Å². The quantitative estimate of drug-likeness (QED) is 0.381. The van der Waals surface area contributed by atoms with Gasteiger partial charge in [-0.1, -0.05) is 0 Å². The van der Waals surface area contributed by atoms with Crippen LogP contribution in [0.25, 0.3) is 0 Å². The number of aliphatic imine (C=N–C) groups is 1. The Labute approximate surface area is 137 Å². The topological polar surface area (TPSA) is 100 Å². The largest absolute Gasteiger partial charge is 0.416 e. The molecule has 1 aromatic carbocycles. The Kier molecular flexibility index (Phi) is 5.07. The van der Waals surface area contributed by atoms with Crippen molar-refractivity contribution >= 4 is 29.7 Å². The molecular formula is C12H11F3N6O2S. The molecule has 0 amide bonds. The molecule has 0 saturated carbocycles. The van der Waals surface area contributed by atoms with Crippen LogP contribution in [0.3, 0.4) is 0 Å². The van der Waals surface area contributed by atoms with Gasteiger partial charge in [0.25, 0.3) is 5.69 Å². The minimum Gasteiger partial charge on any atom is -0.369 e. The number of aromatic amines is 1. The van der Waals surface area contributed by atoms with E-state index in [2.05, 4.69) is 20.2 Å². The Morgan fingerprint density at radius 2 is 2.12 bits per heavy atom. The zero-order valence-electron chi connectivity index (χ0n) is 12.4. The summed E-state index contributed by atoms with van der Waals surface area (Å²) in [5.74, 6) is 0.167. The van der Waals surface area contributed by atoms with Gasteiger partial charge in [-0.2, -0.15) is 18.2 Å². The summed E-state index contributed by atoms with van der Waals surface area (Å²) < 4.78 is 38.0. The van der Waals surface area contributed by atoms with Crippen LogP contribution >= 0.6 is 11.8 Å². The zero-order valence-corrected chi connectivity index (χ0v) is 13.2. The molecule has 2 aromatic rings. The third kappa shape index (κ3) is 4.44. The average Bonchev–Trinajstić information content (AvgIpc) is 2.91. The number of nitrogens with zero attached hydrogens (tertiary/aromatic N) is 5. The molecule has 0 bridgehead atoms. The van der Waals surface area contributed by atoms with Crippen LogP contribution in [0.5, 0.6) is 0 Å². The second kappa shape index (κ2) is 6.86. The summed E-state index contributed by atoms with van der Waals surface area (Å²) in [4.78, 5) is 19.7. The first-order valence-corrected chi connectivity index (χ1v) is 7.15. The summed E-state index contributed by atoms with van der Waals surface area (Å²) >= 11 is 0.767. The monoisotopic (exact) mass is 360 g/mol. The number of halogens is 3. The zero-order chi connectivity index (χ0) is 17.9. The van der Waals surface area contributed by atoms with Gasteiger partial charge in [-0.05, 0) is 23.9 Å². The minimum absolute atomic E-state index is 0.00450. The van der Waals surface area contributed by atoms with Crippen molar-refractivity contribution in [1.29, 1.82) is 0 Å². The van der Waals surface area contributed by atoms with Crippen molar-refractivity contribution in [2.24, 2.45) is 4.99 Å². The third-order valence-electron chi connectivity index (χ3n) is 2.55. The summed E-state index contributed by atoms with van der Waals surface area (Å²) in [6.07, 6.45) is -3.19. The predicted octanol–water partition coefficient (Wildman–Crippen LogP) is 3.10. The van der Waals surface area contributed by atoms with Gasteiger partial charge in [-0.15, -0.1) is 5.10 Å². The number of H-pyrrole nitrogens is 1. The molecule has 8 nitrogen and oxygen atoms in total. The Morgan fingerprint density at radius 1 is 1.42 bits per heavy atom. The van der Waals surface area contributed by atoms with E-state index in [4.69, 9.17) is 0 Å². The molecule has 0 saturated heterocycles. The van der Waals surface area contributed by atoms with Crippen LogP contribution in [0.2, 0.25) is 0 Å². The molecule has 0 spiro atoms. The maximum Gasteiger partial charge on any atom is 0.416 e. The van der Waals surface area contributed by atoms with Crippen molar-refractivity contribution in [3.05, 3.63) is 33.9 Å². The van der Waals surface area contributed by atoms with E-state index >= 15 is 0 Å².